The summed E-state index contributed by atoms with van der Waals surface area (Å²) in [4.78, 5) is 0. The maximum absolute atomic E-state index is 4.09. The molecular formula is C20H43N+. The van der Waals surface area contributed by atoms with Crippen LogP contribution in [0.2, 0.25) is 0 Å². The number of hydrogen-bond donors (Lipinski definition) is 0. The SMILES string of the molecule is [CH2]CC[N+](C)(CCCCCCCC)CCCCCCCC. The summed E-state index contributed by atoms with van der Waals surface area (Å²) in [5.74, 6) is 0. The zero-order valence-corrected chi connectivity index (χ0v) is 15.5. The molecule has 1 radical (unpaired) electrons. The average molecular weight is 298 g/mol. The van der Waals surface area contributed by atoms with Gasteiger partial charge in [0, 0.05) is 0 Å². The highest BCUT2D eigenvalue weighted by atomic mass is 15.3. The third kappa shape index (κ3) is 13.4. The zero-order valence-electron chi connectivity index (χ0n) is 15.5. The van der Waals surface area contributed by atoms with Gasteiger partial charge in [0.2, 0.25) is 0 Å². The van der Waals surface area contributed by atoms with Gasteiger partial charge in [0.15, 0.2) is 0 Å². The smallest absolute Gasteiger partial charge is 0.0784 e. The molecule has 0 aliphatic heterocycles. The van der Waals surface area contributed by atoms with Gasteiger partial charge in [0.05, 0.1) is 26.7 Å². The van der Waals surface area contributed by atoms with Crippen LogP contribution in [0.4, 0.5) is 0 Å². The van der Waals surface area contributed by atoms with Gasteiger partial charge in [-0.2, -0.15) is 0 Å². The number of quaternary nitrogens is 1. The number of unbranched alkanes of at least 4 members (excludes halogenated alkanes) is 10. The van der Waals surface area contributed by atoms with E-state index >= 15 is 0 Å². The quantitative estimate of drug-likeness (QED) is 0.229. The van der Waals surface area contributed by atoms with Gasteiger partial charge in [-0.05, 0) is 39.0 Å². The van der Waals surface area contributed by atoms with E-state index in [1.807, 2.05) is 0 Å². The van der Waals surface area contributed by atoms with Crippen molar-refractivity contribution < 1.29 is 4.48 Å². The Morgan fingerprint density at radius 1 is 0.571 bits per heavy atom. The molecule has 0 heterocycles. The fraction of sp³-hybridized carbons (Fsp3) is 0.950. The molecular weight excluding hydrogens is 254 g/mol. The zero-order chi connectivity index (χ0) is 15.8. The fourth-order valence-electron chi connectivity index (χ4n) is 3.26. The Kier molecular flexibility index (Phi) is 14.9. The minimum absolute atomic E-state index is 1.09. The number of nitrogens with zero attached hydrogens (tertiary/aromatic N) is 1. The maximum Gasteiger partial charge on any atom is 0.0784 e. The van der Waals surface area contributed by atoms with E-state index in [1.165, 1.54) is 101 Å². The van der Waals surface area contributed by atoms with Gasteiger partial charge in [0.25, 0.3) is 0 Å². The van der Waals surface area contributed by atoms with Crippen LogP contribution < -0.4 is 0 Å². The van der Waals surface area contributed by atoms with Crippen molar-refractivity contribution in [3.8, 4) is 0 Å². The molecule has 127 valence electrons. The van der Waals surface area contributed by atoms with Crippen LogP contribution in [0.5, 0.6) is 0 Å². The van der Waals surface area contributed by atoms with E-state index in [0.29, 0.717) is 0 Å². The normalized spacial score (nSPS) is 12.0. The Morgan fingerprint density at radius 3 is 1.33 bits per heavy atom. The molecule has 0 amide bonds. The van der Waals surface area contributed by atoms with E-state index in [9.17, 15) is 0 Å². The van der Waals surface area contributed by atoms with E-state index < -0.39 is 0 Å². The first-order chi connectivity index (χ1) is 10.2. The van der Waals surface area contributed by atoms with Crippen LogP contribution >= 0.6 is 0 Å². The van der Waals surface area contributed by atoms with Crippen molar-refractivity contribution in [2.24, 2.45) is 0 Å². The molecule has 1 nitrogen and oxygen atoms in total. The number of hydrogen-bond acceptors (Lipinski definition) is 0. The molecule has 0 aromatic heterocycles. The lowest BCUT2D eigenvalue weighted by Crippen LogP contribution is -2.46. The van der Waals surface area contributed by atoms with Gasteiger partial charge in [-0.1, -0.05) is 65.2 Å². The third-order valence-electron chi connectivity index (χ3n) is 4.80. The van der Waals surface area contributed by atoms with Gasteiger partial charge in [0.1, 0.15) is 0 Å². The Labute approximate surface area is 136 Å². The minimum Gasteiger partial charge on any atom is -0.326 e. The average Bonchev–Trinajstić information content (AvgIpc) is 2.47. The molecule has 0 aliphatic carbocycles. The van der Waals surface area contributed by atoms with Crippen molar-refractivity contribution in [3.63, 3.8) is 0 Å². The summed E-state index contributed by atoms with van der Waals surface area (Å²) >= 11 is 0. The first kappa shape index (κ1) is 21.0. The summed E-state index contributed by atoms with van der Waals surface area (Å²) in [5, 5.41) is 0. The largest absolute Gasteiger partial charge is 0.326 e. The third-order valence-corrected chi connectivity index (χ3v) is 4.80. The first-order valence-electron chi connectivity index (χ1n) is 9.81. The van der Waals surface area contributed by atoms with Gasteiger partial charge in [-0.15, -0.1) is 0 Å². The van der Waals surface area contributed by atoms with Crippen molar-refractivity contribution in [1.29, 1.82) is 0 Å². The molecule has 0 saturated heterocycles. The lowest BCUT2D eigenvalue weighted by Gasteiger charge is -2.34. The second kappa shape index (κ2) is 14.9. The summed E-state index contributed by atoms with van der Waals surface area (Å²) in [6, 6.07) is 0. The molecule has 0 aromatic rings. The molecule has 0 atom stereocenters. The molecule has 0 fully saturated rings. The van der Waals surface area contributed by atoms with E-state index in [4.69, 9.17) is 0 Å². The Morgan fingerprint density at radius 2 is 0.952 bits per heavy atom. The molecule has 0 rings (SSSR count). The highest BCUT2D eigenvalue weighted by Crippen LogP contribution is 2.14. The summed E-state index contributed by atoms with van der Waals surface area (Å²) in [5.41, 5.74) is 0. The molecule has 21 heavy (non-hydrogen) atoms. The van der Waals surface area contributed by atoms with E-state index in [1.54, 1.807) is 0 Å². The second-order valence-electron chi connectivity index (χ2n) is 7.18. The van der Waals surface area contributed by atoms with Gasteiger partial charge in [-0.3, -0.25) is 0 Å². The Hall–Kier alpha value is -0.0400. The van der Waals surface area contributed by atoms with Crippen LogP contribution in [0, 0.1) is 6.92 Å². The lowest BCUT2D eigenvalue weighted by molar-refractivity contribution is -0.909. The molecule has 0 saturated carbocycles. The highest BCUT2D eigenvalue weighted by molar-refractivity contribution is 4.50. The topological polar surface area (TPSA) is 0 Å². The molecule has 0 aromatic carbocycles. The standard InChI is InChI=1S/C20H43N/c1-5-8-10-12-14-16-19-21(4,18-7-3)20-17-15-13-11-9-6-2/h3,5-20H2,1-2,4H3/q+1. The summed E-state index contributed by atoms with van der Waals surface area (Å²) in [7, 11) is 2.46. The van der Waals surface area contributed by atoms with Crippen molar-refractivity contribution in [1.82, 2.24) is 0 Å². The first-order valence-corrected chi connectivity index (χ1v) is 9.81. The summed E-state index contributed by atoms with van der Waals surface area (Å²) in [6.45, 7) is 12.7. The molecule has 0 unspecified atom stereocenters. The summed E-state index contributed by atoms with van der Waals surface area (Å²) in [6.07, 6.45) is 18.1. The van der Waals surface area contributed by atoms with Crippen molar-refractivity contribution in [2.75, 3.05) is 26.7 Å². The van der Waals surface area contributed by atoms with E-state index in [0.717, 1.165) is 6.42 Å². The predicted molar refractivity (Wildman–Crippen MR) is 97.5 cm³/mol. The lowest BCUT2D eigenvalue weighted by atomic mass is 10.1. The Bertz CT molecular complexity index is 184. The molecule has 0 bridgehead atoms. The second-order valence-corrected chi connectivity index (χ2v) is 7.18. The van der Waals surface area contributed by atoms with Crippen LogP contribution in [0.15, 0.2) is 0 Å². The molecule has 0 spiro atoms. The van der Waals surface area contributed by atoms with Gasteiger partial charge >= 0.3 is 0 Å². The Balaban J connectivity index is 3.73. The van der Waals surface area contributed by atoms with Crippen LogP contribution in [0.3, 0.4) is 0 Å². The van der Waals surface area contributed by atoms with E-state index in [-0.39, 0.29) is 0 Å². The van der Waals surface area contributed by atoms with Crippen LogP contribution in [-0.2, 0) is 0 Å². The monoisotopic (exact) mass is 297 g/mol. The van der Waals surface area contributed by atoms with Crippen LogP contribution in [0.1, 0.15) is 97.3 Å². The van der Waals surface area contributed by atoms with Crippen molar-refractivity contribution >= 4 is 0 Å². The van der Waals surface area contributed by atoms with Crippen molar-refractivity contribution in [3.05, 3.63) is 6.92 Å². The van der Waals surface area contributed by atoms with Crippen molar-refractivity contribution in [2.45, 2.75) is 97.3 Å². The van der Waals surface area contributed by atoms with Crippen LogP contribution in [0.25, 0.3) is 0 Å². The molecule has 1 heteroatoms. The molecule has 0 N–H and O–H groups in total. The number of rotatable bonds is 16. The van der Waals surface area contributed by atoms with Gasteiger partial charge in [-0.25, -0.2) is 0 Å². The molecule has 0 aliphatic rings. The minimum atomic E-state index is 1.09. The summed E-state index contributed by atoms with van der Waals surface area (Å²) < 4.78 is 1.27. The maximum atomic E-state index is 4.09. The fourth-order valence-corrected chi connectivity index (χ4v) is 3.26. The highest BCUT2D eigenvalue weighted by Gasteiger charge is 2.19. The van der Waals surface area contributed by atoms with Gasteiger partial charge < -0.3 is 4.48 Å². The van der Waals surface area contributed by atoms with E-state index in [2.05, 4.69) is 27.8 Å². The predicted octanol–water partition coefficient (Wildman–Crippen LogP) is 6.38. The van der Waals surface area contributed by atoms with Crippen LogP contribution in [-0.4, -0.2) is 31.2 Å².